The molecule has 0 aliphatic rings. The first-order valence-corrected chi connectivity index (χ1v) is 7.58. The number of guanidine groups is 1. The van der Waals surface area contributed by atoms with Gasteiger partial charge in [-0.1, -0.05) is 28.1 Å². The second kappa shape index (κ2) is 8.27. The molecule has 20 heavy (non-hydrogen) atoms. The van der Waals surface area contributed by atoms with E-state index in [1.807, 2.05) is 26.0 Å². The van der Waals surface area contributed by atoms with Crippen molar-refractivity contribution >= 4 is 21.9 Å². The van der Waals surface area contributed by atoms with Crippen LogP contribution in [0.15, 0.2) is 33.7 Å². The number of nitrogens with one attached hydrogen (secondary N) is 2. The lowest BCUT2D eigenvalue weighted by Crippen LogP contribution is -2.45. The Morgan fingerprint density at radius 2 is 2.10 bits per heavy atom. The number of aliphatic imine (C=N–C) groups is 1. The van der Waals surface area contributed by atoms with Gasteiger partial charge in [-0.15, -0.1) is 0 Å². The van der Waals surface area contributed by atoms with Crippen molar-refractivity contribution in [3.8, 4) is 0 Å². The predicted molar refractivity (Wildman–Crippen MR) is 88.0 cm³/mol. The lowest BCUT2D eigenvalue weighted by atomic mass is 10.1. The molecule has 4 nitrogen and oxygen atoms in total. The molecule has 0 amide bonds. The second-order valence-electron chi connectivity index (χ2n) is 5.14. The van der Waals surface area contributed by atoms with Crippen molar-refractivity contribution in [2.24, 2.45) is 4.99 Å². The monoisotopic (exact) mass is 341 g/mol. The third-order valence-electron chi connectivity index (χ3n) is 2.89. The summed E-state index contributed by atoms with van der Waals surface area (Å²) in [4.78, 5) is 4.58. The summed E-state index contributed by atoms with van der Waals surface area (Å²) in [5.41, 5.74) is 0.953. The zero-order valence-corrected chi connectivity index (χ0v) is 14.3. The summed E-state index contributed by atoms with van der Waals surface area (Å²) in [5, 5.41) is 6.53. The van der Waals surface area contributed by atoms with E-state index < -0.39 is 0 Å². The highest BCUT2D eigenvalue weighted by Crippen LogP contribution is 2.12. The minimum Gasteiger partial charge on any atom is -0.377 e. The van der Waals surface area contributed by atoms with Gasteiger partial charge in [0.25, 0.3) is 0 Å². The van der Waals surface area contributed by atoms with Crippen LogP contribution in [-0.2, 0) is 11.3 Å². The fourth-order valence-corrected chi connectivity index (χ4v) is 1.96. The zero-order valence-electron chi connectivity index (χ0n) is 12.7. The molecule has 0 spiro atoms. The lowest BCUT2D eigenvalue weighted by Gasteiger charge is -2.24. The van der Waals surface area contributed by atoms with Gasteiger partial charge in [-0.05, 0) is 38.5 Å². The number of nitrogens with zero attached hydrogens (tertiary/aromatic N) is 1. The smallest absolute Gasteiger partial charge is 0.191 e. The van der Waals surface area contributed by atoms with Crippen LogP contribution in [-0.4, -0.2) is 31.8 Å². The van der Waals surface area contributed by atoms with E-state index in [4.69, 9.17) is 4.74 Å². The quantitative estimate of drug-likeness (QED) is 0.617. The molecular weight excluding hydrogens is 318 g/mol. The van der Waals surface area contributed by atoms with E-state index in [0.717, 1.165) is 17.0 Å². The Kier molecular flexibility index (Phi) is 7.02. The minimum absolute atomic E-state index is 0.216. The molecule has 0 saturated heterocycles. The molecule has 0 fully saturated rings. The van der Waals surface area contributed by atoms with Crippen LogP contribution < -0.4 is 10.6 Å². The van der Waals surface area contributed by atoms with Gasteiger partial charge in [0.05, 0.1) is 12.1 Å². The maximum atomic E-state index is 5.39. The normalized spacial score (nSPS) is 12.3. The van der Waals surface area contributed by atoms with E-state index in [9.17, 15) is 0 Å². The van der Waals surface area contributed by atoms with Crippen molar-refractivity contribution in [2.75, 3.05) is 20.2 Å². The first kappa shape index (κ1) is 17.0. The maximum Gasteiger partial charge on any atom is 0.191 e. The predicted octanol–water partition coefficient (Wildman–Crippen LogP) is 2.93. The first-order valence-electron chi connectivity index (χ1n) is 6.78. The van der Waals surface area contributed by atoms with Crippen LogP contribution in [0.3, 0.4) is 0 Å². The van der Waals surface area contributed by atoms with E-state index in [0.29, 0.717) is 13.1 Å². The van der Waals surface area contributed by atoms with Crippen LogP contribution in [0.2, 0.25) is 0 Å². The van der Waals surface area contributed by atoms with Crippen molar-refractivity contribution in [2.45, 2.75) is 32.9 Å². The molecule has 0 atom stereocenters. The van der Waals surface area contributed by atoms with Crippen molar-refractivity contribution in [3.63, 3.8) is 0 Å². The Hall–Kier alpha value is -1.07. The summed E-state index contributed by atoms with van der Waals surface area (Å²) < 4.78 is 6.47. The van der Waals surface area contributed by atoms with Gasteiger partial charge in [0.15, 0.2) is 5.96 Å². The second-order valence-corrected chi connectivity index (χ2v) is 6.06. The molecule has 0 bridgehead atoms. The van der Waals surface area contributed by atoms with Gasteiger partial charge >= 0.3 is 0 Å². The van der Waals surface area contributed by atoms with Crippen LogP contribution in [0.25, 0.3) is 0 Å². The van der Waals surface area contributed by atoms with Gasteiger partial charge in [-0.25, -0.2) is 4.99 Å². The maximum absolute atomic E-state index is 5.39. The highest BCUT2D eigenvalue weighted by Gasteiger charge is 2.16. The molecular formula is C15H24BrN3O. The van der Waals surface area contributed by atoms with Gasteiger partial charge in [0, 0.05) is 24.7 Å². The molecule has 0 aliphatic heterocycles. The summed E-state index contributed by atoms with van der Waals surface area (Å²) in [6.45, 7) is 8.31. The van der Waals surface area contributed by atoms with Crippen molar-refractivity contribution in [3.05, 3.63) is 34.3 Å². The minimum atomic E-state index is -0.216. The van der Waals surface area contributed by atoms with E-state index in [1.54, 1.807) is 7.11 Å². The van der Waals surface area contributed by atoms with Crippen LogP contribution in [0.4, 0.5) is 0 Å². The highest BCUT2D eigenvalue weighted by atomic mass is 79.9. The number of hydrogen-bond donors (Lipinski definition) is 2. The molecule has 0 radical (unpaired) electrons. The number of halogens is 1. The van der Waals surface area contributed by atoms with E-state index >= 15 is 0 Å². The van der Waals surface area contributed by atoms with Gasteiger partial charge < -0.3 is 15.4 Å². The molecule has 1 aromatic carbocycles. The van der Waals surface area contributed by atoms with Crippen LogP contribution >= 0.6 is 15.9 Å². The number of hydrogen-bond acceptors (Lipinski definition) is 2. The van der Waals surface area contributed by atoms with Crippen LogP contribution in [0, 0.1) is 0 Å². The molecule has 0 saturated carbocycles. The molecule has 112 valence electrons. The van der Waals surface area contributed by atoms with E-state index in [-0.39, 0.29) is 5.60 Å². The standard InChI is InChI=1S/C15H24BrN3O/c1-5-17-14(19-11-15(2,3)20-4)18-10-12-7-6-8-13(16)9-12/h6-9H,5,10-11H2,1-4H3,(H2,17,18,19). The van der Waals surface area contributed by atoms with E-state index in [1.165, 1.54) is 5.56 Å². The molecule has 0 unspecified atom stereocenters. The summed E-state index contributed by atoms with van der Waals surface area (Å²) in [6, 6.07) is 8.17. The Bertz CT molecular complexity index is 446. The Morgan fingerprint density at radius 3 is 2.70 bits per heavy atom. The Morgan fingerprint density at radius 1 is 1.35 bits per heavy atom. The number of methoxy groups -OCH3 is 1. The topological polar surface area (TPSA) is 45.7 Å². The molecule has 0 heterocycles. The molecule has 0 aliphatic carbocycles. The fourth-order valence-electron chi connectivity index (χ4n) is 1.52. The van der Waals surface area contributed by atoms with E-state index in [2.05, 4.69) is 50.6 Å². The molecule has 2 N–H and O–H groups in total. The largest absolute Gasteiger partial charge is 0.377 e. The number of benzene rings is 1. The Labute approximate surface area is 130 Å². The van der Waals surface area contributed by atoms with Crippen LogP contribution in [0.1, 0.15) is 26.3 Å². The first-order chi connectivity index (χ1) is 9.46. The molecule has 0 aromatic heterocycles. The zero-order chi connectivity index (χ0) is 15.0. The third-order valence-corrected chi connectivity index (χ3v) is 3.38. The summed E-state index contributed by atoms with van der Waals surface area (Å²) in [7, 11) is 1.72. The summed E-state index contributed by atoms with van der Waals surface area (Å²) >= 11 is 3.47. The SMILES string of the molecule is CCNC(=NCc1cccc(Br)c1)NCC(C)(C)OC. The van der Waals surface area contributed by atoms with Crippen molar-refractivity contribution in [1.29, 1.82) is 0 Å². The Balaban J connectivity index is 2.63. The molecule has 5 heteroatoms. The number of rotatable bonds is 6. The van der Waals surface area contributed by atoms with Crippen LogP contribution in [0.5, 0.6) is 0 Å². The fraction of sp³-hybridized carbons (Fsp3) is 0.533. The molecule has 1 rings (SSSR count). The van der Waals surface area contributed by atoms with Gasteiger partial charge in [-0.2, -0.15) is 0 Å². The summed E-state index contributed by atoms with van der Waals surface area (Å²) in [6.07, 6.45) is 0. The van der Waals surface area contributed by atoms with Gasteiger partial charge in [-0.3, -0.25) is 0 Å². The highest BCUT2D eigenvalue weighted by molar-refractivity contribution is 9.10. The van der Waals surface area contributed by atoms with Crippen molar-refractivity contribution < 1.29 is 4.74 Å². The molecule has 1 aromatic rings. The average Bonchev–Trinajstić information content (AvgIpc) is 2.42. The van der Waals surface area contributed by atoms with Gasteiger partial charge in [0.2, 0.25) is 0 Å². The van der Waals surface area contributed by atoms with Gasteiger partial charge in [0.1, 0.15) is 0 Å². The summed E-state index contributed by atoms with van der Waals surface area (Å²) in [5.74, 6) is 0.803. The average molecular weight is 342 g/mol. The van der Waals surface area contributed by atoms with Crippen molar-refractivity contribution in [1.82, 2.24) is 10.6 Å². The lowest BCUT2D eigenvalue weighted by molar-refractivity contribution is 0.0268. The number of ether oxygens (including phenoxy) is 1. The third kappa shape index (κ3) is 6.39.